The minimum Gasteiger partial charge on any atom is -0.393 e. The summed E-state index contributed by atoms with van der Waals surface area (Å²) < 4.78 is 0. The Morgan fingerprint density at radius 2 is 1.77 bits per heavy atom. The SMILES string of the molecule is CN(C)c1ccc(/C=C/C(=O)[C@H]2CC[C@H]3[C@H]4[C@H]([C@H](O)C[C@]23C)[C@@]2(C)CC[C@H](O)CC2=C[C@H]4O)cc1. The Labute approximate surface area is 209 Å². The molecule has 0 saturated heterocycles. The molecule has 0 aromatic heterocycles. The lowest BCUT2D eigenvalue weighted by molar-refractivity contribution is -0.156. The first-order chi connectivity index (χ1) is 16.5. The highest BCUT2D eigenvalue weighted by molar-refractivity contribution is 5.96. The Morgan fingerprint density at radius 3 is 2.46 bits per heavy atom. The summed E-state index contributed by atoms with van der Waals surface area (Å²) in [6.07, 6.45) is 8.53. The molecule has 0 unspecified atom stereocenters. The van der Waals surface area contributed by atoms with Crippen LogP contribution in [-0.4, -0.2) is 53.5 Å². The van der Waals surface area contributed by atoms with Crippen LogP contribution in [0.5, 0.6) is 0 Å². The average Bonchev–Trinajstić information content (AvgIpc) is 3.15. The molecular weight excluding hydrogens is 438 g/mol. The molecule has 5 heteroatoms. The Morgan fingerprint density at radius 1 is 1.06 bits per heavy atom. The molecule has 35 heavy (non-hydrogen) atoms. The number of carbonyl (C=O) groups is 1. The summed E-state index contributed by atoms with van der Waals surface area (Å²) in [7, 11) is 4.01. The summed E-state index contributed by atoms with van der Waals surface area (Å²) in [5, 5.41) is 33.1. The zero-order valence-electron chi connectivity index (χ0n) is 21.5. The molecule has 5 nitrogen and oxygen atoms in total. The standard InChI is InChI=1S/C30H41NO4/c1-29-14-13-21(32)15-19(29)16-25(34)27-23-11-10-22(30(23,2)17-26(35)28(27)29)24(33)12-7-18-5-8-20(9-6-18)31(3)4/h5-9,12,16,21-23,25-28,32,34-35H,10-11,13-15,17H2,1-4H3/b12-7+/t21-,22+,23-,25+,26+,27+,28-,29-,30+/m0/s1. The van der Waals surface area contributed by atoms with Crippen molar-refractivity contribution in [2.75, 3.05) is 19.0 Å². The van der Waals surface area contributed by atoms with Crippen molar-refractivity contribution in [3.63, 3.8) is 0 Å². The molecular formula is C30H41NO4. The van der Waals surface area contributed by atoms with Crippen LogP contribution < -0.4 is 4.90 Å². The third kappa shape index (κ3) is 4.00. The van der Waals surface area contributed by atoms with Crippen molar-refractivity contribution in [2.45, 2.75) is 70.7 Å². The van der Waals surface area contributed by atoms with E-state index in [9.17, 15) is 20.1 Å². The fourth-order valence-electron chi connectivity index (χ4n) is 8.39. The molecule has 3 N–H and O–H groups in total. The van der Waals surface area contributed by atoms with Crippen LogP contribution in [0.15, 0.2) is 42.0 Å². The number of rotatable bonds is 4. The third-order valence-electron chi connectivity index (χ3n) is 10.2. The van der Waals surface area contributed by atoms with Crippen LogP contribution in [0.4, 0.5) is 5.69 Å². The average molecular weight is 480 g/mol. The lowest BCUT2D eigenvalue weighted by Gasteiger charge is -2.60. The van der Waals surface area contributed by atoms with Gasteiger partial charge in [-0.15, -0.1) is 0 Å². The van der Waals surface area contributed by atoms with E-state index in [2.05, 4.69) is 13.8 Å². The van der Waals surface area contributed by atoms with Gasteiger partial charge in [0.15, 0.2) is 5.78 Å². The molecule has 190 valence electrons. The van der Waals surface area contributed by atoms with Crippen molar-refractivity contribution in [3.8, 4) is 0 Å². The van der Waals surface area contributed by atoms with E-state index in [-0.39, 0.29) is 46.4 Å². The highest BCUT2D eigenvalue weighted by atomic mass is 16.3. The fourth-order valence-corrected chi connectivity index (χ4v) is 8.39. The van der Waals surface area contributed by atoms with Gasteiger partial charge in [-0.05, 0) is 90.9 Å². The summed E-state index contributed by atoms with van der Waals surface area (Å²) in [4.78, 5) is 15.5. The van der Waals surface area contributed by atoms with E-state index in [1.165, 1.54) is 0 Å². The molecule has 0 heterocycles. The summed E-state index contributed by atoms with van der Waals surface area (Å²) in [6.45, 7) is 4.40. The van der Waals surface area contributed by atoms with Gasteiger partial charge in [0.2, 0.25) is 0 Å². The van der Waals surface area contributed by atoms with Gasteiger partial charge in [-0.25, -0.2) is 0 Å². The number of fused-ring (bicyclic) bond motifs is 5. The van der Waals surface area contributed by atoms with E-state index < -0.39 is 12.2 Å². The number of aliphatic hydroxyl groups is 3. The predicted molar refractivity (Wildman–Crippen MR) is 139 cm³/mol. The van der Waals surface area contributed by atoms with E-state index >= 15 is 0 Å². The van der Waals surface area contributed by atoms with Crippen LogP contribution in [0.1, 0.15) is 57.9 Å². The van der Waals surface area contributed by atoms with Gasteiger partial charge >= 0.3 is 0 Å². The van der Waals surface area contributed by atoms with Crippen molar-refractivity contribution in [1.29, 1.82) is 0 Å². The Kier molecular flexibility index (Phi) is 6.26. The fraction of sp³-hybridized carbons (Fsp3) is 0.633. The molecule has 0 spiro atoms. The highest BCUT2D eigenvalue weighted by Gasteiger charge is 2.64. The minimum atomic E-state index is -0.632. The maximum Gasteiger partial charge on any atom is 0.159 e. The summed E-state index contributed by atoms with van der Waals surface area (Å²) in [5.74, 6) is 0.120. The first kappa shape index (κ1) is 24.7. The quantitative estimate of drug-likeness (QED) is 0.445. The molecule has 9 atom stereocenters. The van der Waals surface area contributed by atoms with Crippen LogP contribution in [0.2, 0.25) is 0 Å². The number of hydrogen-bond acceptors (Lipinski definition) is 5. The zero-order chi connectivity index (χ0) is 25.1. The van der Waals surface area contributed by atoms with Gasteiger partial charge in [0.05, 0.1) is 18.3 Å². The molecule has 4 aliphatic carbocycles. The van der Waals surface area contributed by atoms with Crippen LogP contribution in [0.3, 0.4) is 0 Å². The monoisotopic (exact) mass is 479 g/mol. The molecule has 0 amide bonds. The van der Waals surface area contributed by atoms with Gasteiger partial charge in [0.1, 0.15) is 0 Å². The van der Waals surface area contributed by atoms with Gasteiger partial charge in [-0.1, -0.05) is 43.7 Å². The zero-order valence-corrected chi connectivity index (χ0v) is 21.5. The third-order valence-corrected chi connectivity index (χ3v) is 10.2. The number of ketones is 1. The molecule has 0 radical (unpaired) electrons. The first-order valence-electron chi connectivity index (χ1n) is 13.3. The second-order valence-electron chi connectivity index (χ2n) is 12.3. The second-order valence-corrected chi connectivity index (χ2v) is 12.3. The van der Waals surface area contributed by atoms with Crippen molar-refractivity contribution in [1.82, 2.24) is 0 Å². The van der Waals surface area contributed by atoms with Crippen LogP contribution in [0, 0.1) is 34.5 Å². The number of aliphatic hydroxyl groups excluding tert-OH is 3. The van der Waals surface area contributed by atoms with Crippen molar-refractivity contribution in [3.05, 3.63) is 47.6 Å². The van der Waals surface area contributed by atoms with Crippen molar-refractivity contribution < 1.29 is 20.1 Å². The summed E-state index contributed by atoms with van der Waals surface area (Å²) in [5.41, 5.74) is 2.72. The first-order valence-corrected chi connectivity index (χ1v) is 13.3. The minimum absolute atomic E-state index is 0.0253. The normalized spacial score (nSPS) is 42.7. The number of allylic oxidation sites excluding steroid dienone is 1. The number of benzene rings is 1. The molecule has 5 rings (SSSR count). The number of carbonyl (C=O) groups excluding carboxylic acids is 1. The maximum absolute atomic E-state index is 13.5. The number of anilines is 1. The molecule has 0 bridgehead atoms. The van der Waals surface area contributed by atoms with Gasteiger partial charge in [0.25, 0.3) is 0 Å². The van der Waals surface area contributed by atoms with Crippen molar-refractivity contribution >= 4 is 17.5 Å². The van der Waals surface area contributed by atoms with Gasteiger partial charge < -0.3 is 20.2 Å². The molecule has 1 aromatic rings. The van der Waals surface area contributed by atoms with Crippen LogP contribution in [0.25, 0.3) is 6.08 Å². The van der Waals surface area contributed by atoms with Crippen molar-refractivity contribution in [2.24, 2.45) is 34.5 Å². The Balaban J connectivity index is 1.39. The summed E-state index contributed by atoms with van der Waals surface area (Å²) >= 11 is 0. The lowest BCUT2D eigenvalue weighted by Crippen LogP contribution is -2.60. The number of hydrogen-bond donors (Lipinski definition) is 3. The Hall–Kier alpha value is -1.95. The van der Waals surface area contributed by atoms with Gasteiger partial charge in [0, 0.05) is 25.7 Å². The Bertz CT molecular complexity index is 1030. The van der Waals surface area contributed by atoms with Gasteiger partial charge in [-0.2, -0.15) is 0 Å². The molecule has 4 aliphatic rings. The number of nitrogens with zero attached hydrogens (tertiary/aromatic N) is 1. The molecule has 0 aliphatic heterocycles. The largest absolute Gasteiger partial charge is 0.393 e. The molecule has 3 fully saturated rings. The summed E-state index contributed by atoms with van der Waals surface area (Å²) in [6, 6.07) is 8.15. The second kappa shape index (κ2) is 8.86. The lowest BCUT2D eigenvalue weighted by atomic mass is 9.45. The topological polar surface area (TPSA) is 81.0 Å². The van der Waals surface area contributed by atoms with Gasteiger partial charge in [-0.3, -0.25) is 4.79 Å². The van der Waals surface area contributed by atoms with E-state index in [0.29, 0.717) is 12.8 Å². The van der Waals surface area contributed by atoms with E-state index in [1.807, 2.05) is 55.4 Å². The van der Waals surface area contributed by atoms with E-state index in [4.69, 9.17) is 0 Å². The predicted octanol–water partition coefficient (Wildman–Crippen LogP) is 4.22. The van der Waals surface area contributed by atoms with Crippen LogP contribution in [-0.2, 0) is 4.79 Å². The van der Waals surface area contributed by atoms with E-state index in [0.717, 1.165) is 42.5 Å². The molecule has 1 aromatic carbocycles. The smallest absolute Gasteiger partial charge is 0.159 e. The van der Waals surface area contributed by atoms with Crippen LogP contribution >= 0.6 is 0 Å². The van der Waals surface area contributed by atoms with E-state index in [1.54, 1.807) is 6.08 Å². The highest BCUT2D eigenvalue weighted by Crippen LogP contribution is 2.66. The molecule has 3 saturated carbocycles. The maximum atomic E-state index is 13.5.